The van der Waals surface area contributed by atoms with Crippen molar-refractivity contribution in [2.45, 2.75) is 39.5 Å². The maximum atomic E-state index is 12.0. The summed E-state index contributed by atoms with van der Waals surface area (Å²) in [4.78, 5) is 24.1. The normalized spacial score (nSPS) is 11.2. The molecule has 2 aromatic rings. The fraction of sp³-hybridized carbons (Fsp3) is 0.375. The Bertz CT molecular complexity index is 848. The van der Waals surface area contributed by atoms with Crippen LogP contribution in [-0.2, 0) is 19.1 Å². The van der Waals surface area contributed by atoms with E-state index in [0.29, 0.717) is 35.8 Å². The van der Waals surface area contributed by atoms with Crippen LogP contribution < -0.4 is 4.74 Å². The first-order valence-corrected chi connectivity index (χ1v) is 10.5. The Morgan fingerprint density at radius 2 is 1.52 bits per heavy atom. The molecular formula is C24H30N2O5. The van der Waals surface area contributed by atoms with E-state index in [-0.39, 0.29) is 0 Å². The van der Waals surface area contributed by atoms with Crippen molar-refractivity contribution in [2.24, 2.45) is 0 Å². The highest BCUT2D eigenvalue weighted by molar-refractivity contribution is 5.90. The second kappa shape index (κ2) is 13.1. The molecule has 0 saturated carbocycles. The van der Waals surface area contributed by atoms with Crippen molar-refractivity contribution in [1.82, 2.24) is 9.78 Å². The number of rotatable bonds is 12. The number of benzene rings is 1. The van der Waals surface area contributed by atoms with Gasteiger partial charge in [-0.25, -0.2) is 14.3 Å². The molecule has 0 N–H and O–H groups in total. The number of carbonyl (C=O) groups is 2. The van der Waals surface area contributed by atoms with Crippen molar-refractivity contribution in [3.8, 4) is 11.4 Å². The summed E-state index contributed by atoms with van der Waals surface area (Å²) in [6.07, 6.45) is 13.1. The SMILES string of the molecule is CCCCOC(=O)/C=C/c1cc(OC)cc(/C=C/C(=O)OCCCC)c1-n1cccn1. The summed E-state index contributed by atoms with van der Waals surface area (Å²) in [5, 5.41) is 4.31. The number of ether oxygens (including phenoxy) is 3. The molecule has 0 saturated heterocycles. The standard InChI is InChI=1S/C24H30N2O5/c1-4-6-15-30-22(27)11-9-19-17-21(29-3)18-20(24(19)26-14-8-13-25-26)10-12-23(28)31-16-7-5-2/h8-14,17-18H,4-7,15-16H2,1-3H3/b11-9+,12-10+. The van der Waals surface area contributed by atoms with Gasteiger partial charge in [0, 0.05) is 35.7 Å². The van der Waals surface area contributed by atoms with Crippen molar-refractivity contribution >= 4 is 24.1 Å². The van der Waals surface area contributed by atoms with Crippen LogP contribution in [0, 0.1) is 0 Å². The Kier molecular flexibility index (Phi) is 10.1. The van der Waals surface area contributed by atoms with Crippen LogP contribution in [0.3, 0.4) is 0 Å². The summed E-state index contributed by atoms with van der Waals surface area (Å²) in [6, 6.07) is 5.39. The highest BCUT2D eigenvalue weighted by Crippen LogP contribution is 2.28. The molecule has 31 heavy (non-hydrogen) atoms. The molecule has 0 spiro atoms. The van der Waals surface area contributed by atoms with Gasteiger partial charge in [0.15, 0.2) is 0 Å². The molecule has 0 radical (unpaired) electrons. The van der Waals surface area contributed by atoms with Crippen LogP contribution in [0.4, 0.5) is 0 Å². The molecular weight excluding hydrogens is 396 g/mol. The number of methoxy groups -OCH3 is 1. The van der Waals surface area contributed by atoms with Crippen LogP contribution in [0.1, 0.15) is 50.7 Å². The van der Waals surface area contributed by atoms with Crippen LogP contribution in [-0.4, -0.2) is 42.0 Å². The third kappa shape index (κ3) is 7.77. The first-order valence-electron chi connectivity index (χ1n) is 10.5. The minimum atomic E-state index is -0.417. The predicted molar refractivity (Wildman–Crippen MR) is 120 cm³/mol. The summed E-state index contributed by atoms with van der Waals surface area (Å²) >= 11 is 0. The molecule has 2 rings (SSSR count). The summed E-state index contributed by atoms with van der Waals surface area (Å²) in [5.74, 6) is -0.257. The molecule has 0 amide bonds. The molecule has 0 fully saturated rings. The van der Waals surface area contributed by atoms with E-state index in [0.717, 1.165) is 25.7 Å². The summed E-state index contributed by atoms with van der Waals surface area (Å²) in [6.45, 7) is 4.84. The van der Waals surface area contributed by atoms with Crippen LogP contribution in [0.2, 0.25) is 0 Å². The molecule has 7 heteroatoms. The average molecular weight is 427 g/mol. The number of hydrogen-bond acceptors (Lipinski definition) is 6. The van der Waals surface area contributed by atoms with Crippen molar-refractivity contribution < 1.29 is 23.8 Å². The van der Waals surface area contributed by atoms with Crippen LogP contribution in [0.15, 0.2) is 42.7 Å². The number of esters is 2. The molecule has 166 valence electrons. The highest BCUT2D eigenvalue weighted by atomic mass is 16.5. The van der Waals surface area contributed by atoms with Gasteiger partial charge in [-0.05, 0) is 43.2 Å². The Morgan fingerprint density at radius 1 is 0.968 bits per heavy atom. The Labute approximate surface area is 183 Å². The summed E-state index contributed by atoms with van der Waals surface area (Å²) < 4.78 is 17.5. The van der Waals surface area contributed by atoms with E-state index < -0.39 is 11.9 Å². The monoisotopic (exact) mass is 426 g/mol. The number of hydrogen-bond donors (Lipinski definition) is 0. The molecule has 1 aromatic carbocycles. The fourth-order valence-corrected chi connectivity index (χ4v) is 2.74. The van der Waals surface area contributed by atoms with Crippen molar-refractivity contribution in [3.05, 3.63) is 53.9 Å². The molecule has 0 aliphatic rings. The first-order chi connectivity index (χ1) is 15.1. The zero-order valence-electron chi connectivity index (χ0n) is 18.4. The molecule has 0 unspecified atom stereocenters. The van der Waals surface area contributed by atoms with Crippen LogP contribution in [0.5, 0.6) is 5.75 Å². The first kappa shape index (κ1) is 23.9. The number of aromatic nitrogens is 2. The fourth-order valence-electron chi connectivity index (χ4n) is 2.74. The smallest absolute Gasteiger partial charge is 0.330 e. The summed E-state index contributed by atoms with van der Waals surface area (Å²) in [5.41, 5.74) is 2.07. The predicted octanol–water partition coefficient (Wildman–Crippen LogP) is 4.59. The Morgan fingerprint density at radius 3 is 1.94 bits per heavy atom. The van der Waals surface area contributed by atoms with Gasteiger partial charge in [0.25, 0.3) is 0 Å². The molecule has 1 heterocycles. The summed E-state index contributed by atoms with van der Waals surface area (Å²) in [7, 11) is 1.56. The maximum Gasteiger partial charge on any atom is 0.330 e. The van der Waals surface area contributed by atoms with Gasteiger partial charge in [-0.2, -0.15) is 5.10 Å². The minimum Gasteiger partial charge on any atom is -0.497 e. The van der Waals surface area contributed by atoms with Gasteiger partial charge in [0.1, 0.15) is 5.75 Å². The van der Waals surface area contributed by atoms with Crippen molar-refractivity contribution in [1.29, 1.82) is 0 Å². The second-order valence-corrected chi connectivity index (χ2v) is 6.81. The largest absolute Gasteiger partial charge is 0.497 e. The molecule has 0 aliphatic heterocycles. The quantitative estimate of drug-likeness (QED) is 0.280. The van der Waals surface area contributed by atoms with Gasteiger partial charge in [0.05, 0.1) is 26.0 Å². The average Bonchev–Trinajstić information content (AvgIpc) is 3.30. The van der Waals surface area contributed by atoms with E-state index in [1.807, 2.05) is 13.8 Å². The molecule has 0 atom stereocenters. The zero-order chi connectivity index (χ0) is 22.5. The topological polar surface area (TPSA) is 79.6 Å². The molecule has 0 aliphatic carbocycles. The number of unbranched alkanes of at least 4 members (excludes halogenated alkanes) is 2. The van der Waals surface area contributed by atoms with Gasteiger partial charge in [-0.1, -0.05) is 26.7 Å². The lowest BCUT2D eigenvalue weighted by Gasteiger charge is -2.13. The Hall–Kier alpha value is -3.35. The third-order valence-electron chi connectivity index (χ3n) is 4.39. The number of nitrogens with zero attached hydrogens (tertiary/aromatic N) is 2. The van der Waals surface area contributed by atoms with Crippen molar-refractivity contribution in [3.63, 3.8) is 0 Å². The van der Waals surface area contributed by atoms with E-state index in [1.54, 1.807) is 54.5 Å². The van der Waals surface area contributed by atoms with E-state index in [1.165, 1.54) is 12.2 Å². The number of carbonyl (C=O) groups excluding carboxylic acids is 2. The lowest BCUT2D eigenvalue weighted by Crippen LogP contribution is -2.05. The third-order valence-corrected chi connectivity index (χ3v) is 4.39. The molecule has 1 aromatic heterocycles. The van der Waals surface area contributed by atoms with E-state index in [4.69, 9.17) is 14.2 Å². The highest BCUT2D eigenvalue weighted by Gasteiger charge is 2.12. The lowest BCUT2D eigenvalue weighted by atomic mass is 10.0. The Balaban J connectivity index is 2.37. The van der Waals surface area contributed by atoms with Gasteiger partial charge >= 0.3 is 11.9 Å². The van der Waals surface area contributed by atoms with Gasteiger partial charge in [-0.3, -0.25) is 0 Å². The van der Waals surface area contributed by atoms with Crippen molar-refractivity contribution in [2.75, 3.05) is 20.3 Å². The molecule has 7 nitrogen and oxygen atoms in total. The second-order valence-electron chi connectivity index (χ2n) is 6.81. The van der Waals surface area contributed by atoms with Gasteiger partial charge in [0.2, 0.25) is 0 Å². The van der Waals surface area contributed by atoms with Gasteiger partial charge < -0.3 is 14.2 Å². The van der Waals surface area contributed by atoms with E-state index in [9.17, 15) is 9.59 Å². The lowest BCUT2D eigenvalue weighted by molar-refractivity contribution is -0.138. The minimum absolute atomic E-state index is 0.387. The van der Waals surface area contributed by atoms with E-state index in [2.05, 4.69) is 5.10 Å². The maximum absolute atomic E-state index is 12.0. The van der Waals surface area contributed by atoms with E-state index >= 15 is 0 Å². The zero-order valence-corrected chi connectivity index (χ0v) is 18.4. The van der Waals surface area contributed by atoms with Crippen LogP contribution in [0.25, 0.3) is 17.8 Å². The van der Waals surface area contributed by atoms with Crippen LogP contribution >= 0.6 is 0 Å². The van der Waals surface area contributed by atoms with Gasteiger partial charge in [-0.15, -0.1) is 0 Å². The molecule has 0 bridgehead atoms.